The van der Waals surface area contributed by atoms with E-state index in [0.717, 1.165) is 0 Å². The molecule has 0 heterocycles. The maximum absolute atomic E-state index is 11.0. The number of hydrogen-bond donors (Lipinski definition) is 0. The number of nitrogens with zero attached hydrogens (tertiary/aromatic N) is 1. The fourth-order valence-corrected chi connectivity index (χ4v) is 0.172. The molecule has 0 N–H and O–H groups in total. The minimum absolute atomic E-state index is 0.677. The highest BCUT2D eigenvalue weighted by atomic mass is 19.4. The van der Waals surface area contributed by atoms with Crippen LogP contribution >= 0.6 is 0 Å². The number of rotatable bonds is 2. The summed E-state index contributed by atoms with van der Waals surface area (Å²) in [5.74, 6) is 0. The molecule has 0 aromatic carbocycles. The van der Waals surface area contributed by atoms with Gasteiger partial charge in [0.25, 0.3) is 0 Å². The van der Waals surface area contributed by atoms with Gasteiger partial charge in [0.1, 0.15) is 0 Å². The smallest absolute Gasteiger partial charge is 0.171 e. The zero-order chi connectivity index (χ0) is 6.62. The van der Waals surface area contributed by atoms with Gasteiger partial charge in [0.15, 0.2) is 0 Å². The summed E-state index contributed by atoms with van der Waals surface area (Å²) in [4.78, 5) is 9.10. The van der Waals surface area contributed by atoms with Crippen LogP contribution in [-0.4, -0.2) is 12.7 Å². The molecule has 0 aromatic heterocycles. The second-order valence-electron chi connectivity index (χ2n) is 1.22. The van der Waals surface area contributed by atoms with E-state index in [4.69, 9.17) is 4.91 Å². The van der Waals surface area contributed by atoms with Crippen LogP contribution in [0.25, 0.3) is 0 Å². The molecule has 0 spiro atoms. The van der Waals surface area contributed by atoms with Crippen molar-refractivity contribution in [2.45, 2.75) is 12.6 Å². The van der Waals surface area contributed by atoms with Crippen LogP contribution in [0.3, 0.4) is 0 Å². The molecule has 0 aliphatic rings. The van der Waals surface area contributed by atoms with Crippen LogP contribution in [0.15, 0.2) is 5.18 Å². The van der Waals surface area contributed by atoms with Crippen molar-refractivity contribution in [2.75, 3.05) is 6.54 Å². The van der Waals surface area contributed by atoms with E-state index in [9.17, 15) is 13.2 Å². The summed E-state index contributed by atoms with van der Waals surface area (Å²) in [7, 11) is 0. The van der Waals surface area contributed by atoms with Gasteiger partial charge in [0, 0.05) is 0 Å². The number of halogens is 3. The molecule has 48 valence electrons. The topological polar surface area (TPSA) is 29.4 Å². The van der Waals surface area contributed by atoms with Crippen molar-refractivity contribution >= 4 is 0 Å². The van der Waals surface area contributed by atoms with Gasteiger partial charge in [-0.2, -0.15) is 18.1 Å². The Balaban J connectivity index is 3.24. The standard InChI is InChI=1S/C3H4F3NO/c4-3(5,6)1-2-7-8/h1-2H2. The Morgan fingerprint density at radius 3 is 2.00 bits per heavy atom. The van der Waals surface area contributed by atoms with Crippen LogP contribution in [0.5, 0.6) is 0 Å². The predicted molar refractivity (Wildman–Crippen MR) is 21.3 cm³/mol. The van der Waals surface area contributed by atoms with E-state index in [1.165, 1.54) is 0 Å². The van der Waals surface area contributed by atoms with E-state index in [1.807, 2.05) is 0 Å². The summed E-state index contributed by atoms with van der Waals surface area (Å²) in [5, 5.41) is 2.05. The molecular formula is C3H4F3NO. The van der Waals surface area contributed by atoms with Crippen molar-refractivity contribution in [1.82, 2.24) is 0 Å². The second-order valence-corrected chi connectivity index (χ2v) is 1.22. The second kappa shape index (κ2) is 2.64. The third-order valence-corrected chi connectivity index (χ3v) is 0.487. The lowest BCUT2D eigenvalue weighted by molar-refractivity contribution is -0.132. The van der Waals surface area contributed by atoms with Crippen LogP contribution < -0.4 is 0 Å². The van der Waals surface area contributed by atoms with Crippen LogP contribution in [-0.2, 0) is 0 Å². The molecule has 0 aromatic rings. The van der Waals surface area contributed by atoms with Gasteiger partial charge in [-0.25, -0.2) is 0 Å². The number of nitroso groups, excluding NO2 is 1. The molecule has 0 rings (SSSR count). The van der Waals surface area contributed by atoms with Crippen molar-refractivity contribution in [1.29, 1.82) is 0 Å². The average Bonchev–Trinajstić information content (AvgIpc) is 1.59. The third-order valence-electron chi connectivity index (χ3n) is 0.487. The number of hydrogen-bond acceptors (Lipinski definition) is 2. The molecule has 0 bridgehead atoms. The van der Waals surface area contributed by atoms with Gasteiger partial charge >= 0.3 is 6.18 Å². The third kappa shape index (κ3) is 5.39. The minimum Gasteiger partial charge on any atom is -0.171 e. The molecule has 8 heavy (non-hydrogen) atoms. The predicted octanol–water partition coefficient (Wildman–Crippen LogP) is 1.71. The highest BCUT2D eigenvalue weighted by Gasteiger charge is 2.26. The first-order valence-electron chi connectivity index (χ1n) is 1.92. The van der Waals surface area contributed by atoms with Crippen molar-refractivity contribution in [2.24, 2.45) is 5.18 Å². The first kappa shape index (κ1) is 7.39. The molecule has 0 saturated heterocycles. The molecular weight excluding hydrogens is 123 g/mol. The van der Waals surface area contributed by atoms with Gasteiger partial charge in [-0.15, -0.1) is 0 Å². The van der Waals surface area contributed by atoms with Gasteiger partial charge in [-0.1, -0.05) is 5.18 Å². The molecule has 0 unspecified atom stereocenters. The molecule has 0 radical (unpaired) electrons. The molecule has 0 atom stereocenters. The lowest BCUT2D eigenvalue weighted by Gasteiger charge is -1.99. The van der Waals surface area contributed by atoms with Crippen LogP contribution in [0.2, 0.25) is 0 Å². The zero-order valence-electron chi connectivity index (χ0n) is 3.90. The Morgan fingerprint density at radius 1 is 1.38 bits per heavy atom. The lowest BCUT2D eigenvalue weighted by Crippen LogP contribution is -2.07. The SMILES string of the molecule is O=NCCC(F)(F)F. The summed E-state index contributed by atoms with van der Waals surface area (Å²) >= 11 is 0. The van der Waals surface area contributed by atoms with Gasteiger partial charge in [0.05, 0.1) is 13.0 Å². The largest absolute Gasteiger partial charge is 0.391 e. The van der Waals surface area contributed by atoms with E-state index in [1.54, 1.807) is 0 Å². The Bertz CT molecular complexity index is 79.1. The van der Waals surface area contributed by atoms with E-state index in [-0.39, 0.29) is 0 Å². The monoisotopic (exact) mass is 127 g/mol. The van der Waals surface area contributed by atoms with E-state index >= 15 is 0 Å². The zero-order valence-corrected chi connectivity index (χ0v) is 3.90. The minimum atomic E-state index is -4.24. The van der Waals surface area contributed by atoms with Gasteiger partial charge < -0.3 is 0 Å². The maximum atomic E-state index is 11.0. The summed E-state index contributed by atoms with van der Waals surface area (Å²) in [5.41, 5.74) is 0. The quantitative estimate of drug-likeness (QED) is 0.519. The normalized spacial score (nSPS) is 11.4. The average molecular weight is 127 g/mol. The first-order chi connectivity index (χ1) is 3.56. The van der Waals surface area contributed by atoms with E-state index in [0.29, 0.717) is 0 Å². The van der Waals surface area contributed by atoms with Crippen molar-refractivity contribution in [3.05, 3.63) is 4.91 Å². The Morgan fingerprint density at radius 2 is 1.88 bits per heavy atom. The van der Waals surface area contributed by atoms with Crippen molar-refractivity contribution < 1.29 is 13.2 Å². The molecule has 0 fully saturated rings. The van der Waals surface area contributed by atoms with E-state index in [2.05, 4.69) is 5.18 Å². The van der Waals surface area contributed by atoms with Gasteiger partial charge in [-0.05, 0) is 0 Å². The van der Waals surface area contributed by atoms with E-state index < -0.39 is 19.1 Å². The van der Waals surface area contributed by atoms with Crippen molar-refractivity contribution in [3.63, 3.8) is 0 Å². The summed E-state index contributed by atoms with van der Waals surface area (Å²) in [6.07, 6.45) is -5.36. The molecule has 0 aliphatic heterocycles. The molecule has 2 nitrogen and oxygen atoms in total. The number of alkyl halides is 3. The highest BCUT2D eigenvalue weighted by Crippen LogP contribution is 2.18. The lowest BCUT2D eigenvalue weighted by atomic mass is 10.4. The molecule has 5 heteroatoms. The Kier molecular flexibility index (Phi) is 2.44. The van der Waals surface area contributed by atoms with Gasteiger partial charge in [0.2, 0.25) is 0 Å². The fourth-order valence-electron chi connectivity index (χ4n) is 0.172. The summed E-state index contributed by atoms with van der Waals surface area (Å²) in [6, 6.07) is 0. The maximum Gasteiger partial charge on any atom is 0.391 e. The van der Waals surface area contributed by atoms with Crippen LogP contribution in [0, 0.1) is 4.91 Å². The Labute approximate surface area is 43.7 Å². The molecule has 0 amide bonds. The van der Waals surface area contributed by atoms with Crippen molar-refractivity contribution in [3.8, 4) is 0 Å². The van der Waals surface area contributed by atoms with Gasteiger partial charge in [-0.3, -0.25) is 0 Å². The molecule has 0 saturated carbocycles. The Hall–Kier alpha value is -0.610. The molecule has 0 aliphatic carbocycles. The van der Waals surface area contributed by atoms with Crippen LogP contribution in [0.1, 0.15) is 6.42 Å². The fraction of sp³-hybridized carbons (Fsp3) is 1.00. The van der Waals surface area contributed by atoms with Crippen LogP contribution in [0.4, 0.5) is 13.2 Å². The summed E-state index contributed by atoms with van der Waals surface area (Å²) in [6.45, 7) is -0.677. The highest BCUT2D eigenvalue weighted by molar-refractivity contribution is 4.51. The summed E-state index contributed by atoms with van der Waals surface area (Å²) < 4.78 is 33.1. The first-order valence-corrected chi connectivity index (χ1v) is 1.92.